The third-order valence-electron chi connectivity index (χ3n) is 3.91. The number of nitrogens with one attached hydrogen (secondary N) is 1. The Morgan fingerprint density at radius 2 is 1.93 bits per heavy atom. The van der Waals surface area contributed by atoms with E-state index in [4.69, 9.17) is 11.5 Å². The summed E-state index contributed by atoms with van der Waals surface area (Å²) >= 11 is 1.24. The van der Waals surface area contributed by atoms with Gasteiger partial charge in [-0.3, -0.25) is 24.2 Å². The Labute approximate surface area is 196 Å². The maximum absolute atomic E-state index is 12.7. The molecule has 5 N–H and O–H groups in total. The fourth-order valence-electron chi connectivity index (χ4n) is 2.71. The summed E-state index contributed by atoms with van der Waals surface area (Å²) in [6.45, 7) is 5.20. The van der Waals surface area contributed by atoms with Gasteiger partial charge in [0.05, 0.1) is 10.6 Å². The number of hydrogen-bond donors (Lipinski definition) is 3. The smallest absolute Gasteiger partial charge is 0.276 e. The van der Waals surface area contributed by atoms with Crippen LogP contribution in [0.5, 0.6) is 0 Å². The molecule has 2 amide bonds. The predicted molar refractivity (Wildman–Crippen MR) is 127 cm³/mol. The van der Waals surface area contributed by atoms with Crippen LogP contribution in [0.2, 0.25) is 0 Å². The van der Waals surface area contributed by atoms with Gasteiger partial charge in [-0.15, -0.1) is 48.6 Å². The number of imidazole rings is 1. The molecule has 13 heteroatoms. The Morgan fingerprint density at radius 3 is 2.53 bits per heavy atom. The summed E-state index contributed by atoms with van der Waals surface area (Å²) in [5.74, 6) is -0.412. The lowest BCUT2D eigenvalue weighted by Gasteiger charge is -2.08. The first-order valence-corrected chi connectivity index (χ1v) is 9.27. The number of carbonyl (C=O) groups is 2. The van der Waals surface area contributed by atoms with Crippen molar-refractivity contribution in [2.75, 3.05) is 11.9 Å². The van der Waals surface area contributed by atoms with Crippen LogP contribution < -0.4 is 16.8 Å². The Bertz CT molecular complexity index is 1040. The molecule has 3 aromatic heterocycles. The standard InChI is InChI=1S/C17H21N7O2S.3ClH/c1-3-24-12(8-10(2)22-24)15(26)21-17-20-11-9-13(14(19)25)27-16(11)23(17)7-5-4-6-18;;;/h4-5,8-9H,3,6-7,18H2,1-2H3,(H2,19,25)(H,20,21,26);3*1H/b5-4+;;;. The Hall–Kier alpha value is -2.11. The molecular weight excluding hydrogens is 473 g/mol. The summed E-state index contributed by atoms with van der Waals surface area (Å²) in [4.78, 5) is 29.8. The zero-order valence-electron chi connectivity index (χ0n) is 16.3. The lowest BCUT2D eigenvalue weighted by molar-refractivity contribution is 0.0998. The molecule has 3 aromatic rings. The third kappa shape index (κ3) is 5.73. The van der Waals surface area contributed by atoms with E-state index in [-0.39, 0.29) is 43.1 Å². The van der Waals surface area contributed by atoms with E-state index in [0.717, 1.165) is 10.5 Å². The second-order valence-electron chi connectivity index (χ2n) is 5.86. The van der Waals surface area contributed by atoms with Crippen LogP contribution in [-0.2, 0) is 13.1 Å². The number of primary amides is 1. The normalized spacial score (nSPS) is 10.4. The average Bonchev–Trinajstić information content (AvgIpc) is 3.28. The van der Waals surface area contributed by atoms with E-state index >= 15 is 0 Å². The van der Waals surface area contributed by atoms with Gasteiger partial charge < -0.3 is 11.5 Å². The van der Waals surface area contributed by atoms with Gasteiger partial charge in [-0.2, -0.15) is 5.10 Å². The van der Waals surface area contributed by atoms with Crippen molar-refractivity contribution in [2.24, 2.45) is 11.5 Å². The van der Waals surface area contributed by atoms with Crippen LogP contribution in [0, 0.1) is 6.92 Å². The Kier molecular flexibility index (Phi) is 11.1. The van der Waals surface area contributed by atoms with Crippen molar-refractivity contribution in [1.29, 1.82) is 0 Å². The molecule has 9 nitrogen and oxygen atoms in total. The highest BCUT2D eigenvalue weighted by molar-refractivity contribution is 7.20. The topological polar surface area (TPSA) is 134 Å². The van der Waals surface area contributed by atoms with Gasteiger partial charge in [-0.1, -0.05) is 12.2 Å². The molecule has 0 aliphatic heterocycles. The minimum Gasteiger partial charge on any atom is -0.365 e. The van der Waals surface area contributed by atoms with Crippen LogP contribution >= 0.6 is 48.6 Å². The number of halogens is 3. The molecule has 0 aliphatic carbocycles. The van der Waals surface area contributed by atoms with Gasteiger partial charge in [-0.25, -0.2) is 4.98 Å². The number of nitrogens with two attached hydrogens (primary N) is 2. The van der Waals surface area contributed by atoms with E-state index < -0.39 is 5.91 Å². The number of rotatable bonds is 7. The number of carbonyl (C=O) groups excluding carboxylic acids is 2. The molecule has 0 aliphatic rings. The molecule has 0 radical (unpaired) electrons. The molecule has 0 saturated heterocycles. The fourth-order valence-corrected chi connectivity index (χ4v) is 3.67. The summed E-state index contributed by atoms with van der Waals surface area (Å²) in [5, 5.41) is 7.14. The van der Waals surface area contributed by atoms with Crippen LogP contribution in [-0.4, -0.2) is 37.7 Å². The summed E-state index contributed by atoms with van der Waals surface area (Å²) in [6, 6.07) is 3.36. The molecule has 3 rings (SSSR count). The van der Waals surface area contributed by atoms with Crippen LogP contribution in [0.15, 0.2) is 24.3 Å². The first-order chi connectivity index (χ1) is 12.9. The fraction of sp³-hybridized carbons (Fsp3) is 0.294. The largest absolute Gasteiger partial charge is 0.365 e. The summed E-state index contributed by atoms with van der Waals surface area (Å²) < 4.78 is 3.45. The number of aryl methyl sites for hydroxylation is 2. The van der Waals surface area contributed by atoms with E-state index in [9.17, 15) is 9.59 Å². The zero-order chi connectivity index (χ0) is 19.6. The molecule has 0 spiro atoms. The van der Waals surface area contributed by atoms with Crippen molar-refractivity contribution in [3.63, 3.8) is 0 Å². The first kappa shape index (κ1) is 27.9. The van der Waals surface area contributed by atoms with Crippen molar-refractivity contribution >= 4 is 76.7 Å². The van der Waals surface area contributed by atoms with Crippen LogP contribution in [0.25, 0.3) is 10.3 Å². The number of aromatic nitrogens is 4. The second kappa shape index (κ2) is 11.9. The molecule has 166 valence electrons. The monoisotopic (exact) mass is 495 g/mol. The molecule has 0 atom stereocenters. The molecule has 0 saturated carbocycles. The highest BCUT2D eigenvalue weighted by Gasteiger charge is 2.20. The highest BCUT2D eigenvalue weighted by atomic mass is 35.5. The van der Waals surface area contributed by atoms with Gasteiger partial charge >= 0.3 is 0 Å². The van der Waals surface area contributed by atoms with Gasteiger partial charge in [0.15, 0.2) is 0 Å². The van der Waals surface area contributed by atoms with Gasteiger partial charge in [-0.05, 0) is 26.0 Å². The molecular formula is C17H24Cl3N7O2S. The van der Waals surface area contributed by atoms with E-state index in [0.29, 0.717) is 41.7 Å². The van der Waals surface area contributed by atoms with E-state index in [1.807, 2.05) is 30.6 Å². The number of allylic oxidation sites excluding steroid dienone is 1. The molecule has 3 heterocycles. The molecule has 0 bridgehead atoms. The average molecular weight is 497 g/mol. The number of anilines is 1. The number of thiophene rings is 1. The maximum atomic E-state index is 12.7. The van der Waals surface area contributed by atoms with Gasteiger partial charge in [0.1, 0.15) is 16.0 Å². The van der Waals surface area contributed by atoms with Crippen LogP contribution in [0.3, 0.4) is 0 Å². The first-order valence-electron chi connectivity index (χ1n) is 8.45. The molecule has 0 fully saturated rings. The summed E-state index contributed by atoms with van der Waals surface area (Å²) in [5.41, 5.74) is 12.7. The highest BCUT2D eigenvalue weighted by Crippen LogP contribution is 2.29. The second-order valence-corrected chi connectivity index (χ2v) is 6.89. The van der Waals surface area contributed by atoms with Crippen LogP contribution in [0.1, 0.15) is 32.8 Å². The van der Waals surface area contributed by atoms with Gasteiger partial charge in [0.25, 0.3) is 11.8 Å². The Morgan fingerprint density at radius 1 is 1.23 bits per heavy atom. The molecule has 0 aromatic carbocycles. The zero-order valence-corrected chi connectivity index (χ0v) is 19.6. The predicted octanol–water partition coefficient (Wildman–Crippen LogP) is 2.75. The molecule has 0 unspecified atom stereocenters. The van der Waals surface area contributed by atoms with E-state index in [1.54, 1.807) is 16.8 Å². The SMILES string of the molecule is CCn1nc(C)cc1C(=O)Nc1nc2cc(C(N)=O)sc2n1C/C=C/CN.Cl.Cl.Cl. The lowest BCUT2D eigenvalue weighted by Crippen LogP contribution is -2.20. The van der Waals surface area contributed by atoms with Crippen molar-refractivity contribution in [3.8, 4) is 0 Å². The van der Waals surface area contributed by atoms with Crippen molar-refractivity contribution in [1.82, 2.24) is 19.3 Å². The van der Waals surface area contributed by atoms with Crippen molar-refractivity contribution in [2.45, 2.75) is 26.9 Å². The summed E-state index contributed by atoms with van der Waals surface area (Å²) in [7, 11) is 0. The number of hydrogen-bond acceptors (Lipinski definition) is 6. The van der Waals surface area contributed by atoms with E-state index in [1.165, 1.54) is 11.3 Å². The minimum atomic E-state index is -0.505. The van der Waals surface area contributed by atoms with Crippen molar-refractivity contribution < 1.29 is 9.59 Å². The minimum absolute atomic E-state index is 0. The van der Waals surface area contributed by atoms with Gasteiger partial charge in [0.2, 0.25) is 5.95 Å². The third-order valence-corrected chi connectivity index (χ3v) is 5.08. The number of nitrogens with zero attached hydrogens (tertiary/aromatic N) is 4. The lowest BCUT2D eigenvalue weighted by atomic mass is 10.3. The molecule has 30 heavy (non-hydrogen) atoms. The Balaban J connectivity index is 0.00000280. The quantitative estimate of drug-likeness (QED) is 0.432. The van der Waals surface area contributed by atoms with Crippen LogP contribution in [0.4, 0.5) is 5.95 Å². The maximum Gasteiger partial charge on any atom is 0.276 e. The van der Waals surface area contributed by atoms with Gasteiger partial charge in [0, 0.05) is 19.6 Å². The van der Waals surface area contributed by atoms with E-state index in [2.05, 4.69) is 15.4 Å². The van der Waals surface area contributed by atoms with Crippen molar-refractivity contribution in [3.05, 3.63) is 40.5 Å². The number of amides is 2. The number of fused-ring (bicyclic) bond motifs is 1. The summed E-state index contributed by atoms with van der Waals surface area (Å²) in [6.07, 6.45) is 3.69.